The highest BCUT2D eigenvalue weighted by Crippen LogP contribution is 2.41. The molecule has 10 heteroatoms. The Labute approximate surface area is 251 Å². The van der Waals surface area contributed by atoms with Gasteiger partial charge in [-0.15, -0.1) is 11.3 Å². The summed E-state index contributed by atoms with van der Waals surface area (Å²) in [6.07, 6.45) is 1.16. The van der Waals surface area contributed by atoms with Crippen LogP contribution in [0, 0.1) is 18.8 Å². The number of thiazole rings is 1. The second-order valence-corrected chi connectivity index (χ2v) is 13.5. The summed E-state index contributed by atoms with van der Waals surface area (Å²) in [5.41, 5.74) is 2.59. The molecule has 8 nitrogen and oxygen atoms in total. The molecule has 42 heavy (non-hydrogen) atoms. The van der Waals surface area contributed by atoms with Crippen LogP contribution in [0.4, 0.5) is 4.39 Å². The maximum atomic E-state index is 14.6. The molecule has 1 aliphatic carbocycles. The van der Waals surface area contributed by atoms with Gasteiger partial charge in [-0.25, -0.2) is 9.37 Å². The first-order valence-electron chi connectivity index (χ1n) is 14.9. The number of aromatic nitrogens is 1. The van der Waals surface area contributed by atoms with Gasteiger partial charge in [0.1, 0.15) is 11.6 Å². The number of ketones is 1. The van der Waals surface area contributed by atoms with Crippen molar-refractivity contribution in [2.24, 2.45) is 11.8 Å². The van der Waals surface area contributed by atoms with Gasteiger partial charge in [-0.2, -0.15) is 0 Å². The predicted molar refractivity (Wildman–Crippen MR) is 162 cm³/mol. The summed E-state index contributed by atoms with van der Waals surface area (Å²) in [5, 5.41) is 5.75. The van der Waals surface area contributed by atoms with Gasteiger partial charge in [0.05, 0.1) is 28.7 Å². The fourth-order valence-electron chi connectivity index (χ4n) is 5.89. The topological polar surface area (TPSA) is 108 Å². The largest absolute Gasteiger partial charge is 0.348 e. The van der Waals surface area contributed by atoms with Crippen molar-refractivity contribution in [1.29, 1.82) is 0 Å². The molecule has 2 heterocycles. The molecule has 3 amide bonds. The maximum absolute atomic E-state index is 14.6. The van der Waals surface area contributed by atoms with Crippen molar-refractivity contribution < 1.29 is 23.6 Å². The van der Waals surface area contributed by atoms with Crippen LogP contribution in [-0.2, 0) is 25.6 Å². The molecule has 2 aromatic rings. The van der Waals surface area contributed by atoms with E-state index >= 15 is 0 Å². The van der Waals surface area contributed by atoms with Crippen LogP contribution in [0.1, 0.15) is 90.1 Å². The lowest BCUT2D eigenvalue weighted by Gasteiger charge is -2.40. The molecule has 2 unspecified atom stereocenters. The normalized spacial score (nSPS) is 20.0. The SMILES string of the molecule is CCC(NC(=O)C1(F)CC1)(C(=O)N1CC(=O)C[C@H]1C(=O)NC(C)c1ccc(-c2scnc2C)cc1CC(C)C)C(C)C. The monoisotopic (exact) mass is 598 g/mol. The maximum Gasteiger partial charge on any atom is 0.258 e. The van der Waals surface area contributed by atoms with E-state index in [0.717, 1.165) is 33.7 Å². The van der Waals surface area contributed by atoms with Gasteiger partial charge in [0.25, 0.3) is 5.91 Å². The molecule has 2 fully saturated rings. The number of Topliss-reactive ketones (excluding diaryl/α,β-unsaturated/α-hetero) is 1. The van der Waals surface area contributed by atoms with Crippen molar-refractivity contribution in [3.63, 3.8) is 0 Å². The highest BCUT2D eigenvalue weighted by molar-refractivity contribution is 7.13. The Morgan fingerprint density at radius 2 is 1.88 bits per heavy atom. The minimum Gasteiger partial charge on any atom is -0.348 e. The number of carbonyl (C=O) groups is 4. The van der Waals surface area contributed by atoms with Crippen molar-refractivity contribution in [1.82, 2.24) is 20.5 Å². The second-order valence-electron chi connectivity index (χ2n) is 12.6. The molecule has 2 N–H and O–H groups in total. The smallest absolute Gasteiger partial charge is 0.258 e. The molecule has 1 saturated heterocycles. The van der Waals surface area contributed by atoms with Gasteiger partial charge in [0, 0.05) is 6.42 Å². The Kier molecular flexibility index (Phi) is 9.25. The number of hydrogen-bond donors (Lipinski definition) is 2. The van der Waals surface area contributed by atoms with Crippen molar-refractivity contribution in [3.05, 3.63) is 40.5 Å². The lowest BCUT2D eigenvalue weighted by atomic mass is 9.81. The molecule has 1 saturated carbocycles. The lowest BCUT2D eigenvalue weighted by Crippen LogP contribution is -2.65. The first-order valence-corrected chi connectivity index (χ1v) is 15.8. The van der Waals surface area contributed by atoms with E-state index in [4.69, 9.17) is 0 Å². The number of likely N-dealkylation sites (tertiary alicyclic amines) is 1. The summed E-state index contributed by atoms with van der Waals surface area (Å²) in [6.45, 7) is 13.3. The zero-order valence-electron chi connectivity index (χ0n) is 25.7. The summed E-state index contributed by atoms with van der Waals surface area (Å²) in [4.78, 5) is 59.9. The second kappa shape index (κ2) is 12.2. The van der Waals surface area contributed by atoms with Crippen molar-refractivity contribution in [2.45, 2.75) is 104 Å². The summed E-state index contributed by atoms with van der Waals surface area (Å²) in [6, 6.07) is 4.84. The number of halogens is 1. The third kappa shape index (κ3) is 6.28. The third-order valence-electron chi connectivity index (χ3n) is 8.67. The number of aryl methyl sites for hydroxylation is 1. The molecule has 228 valence electrons. The fourth-order valence-corrected chi connectivity index (χ4v) is 6.69. The average molecular weight is 599 g/mol. The van der Waals surface area contributed by atoms with Gasteiger partial charge in [-0.05, 0) is 74.1 Å². The molecule has 1 aromatic carbocycles. The van der Waals surface area contributed by atoms with E-state index in [2.05, 4.69) is 35.5 Å². The van der Waals surface area contributed by atoms with Crippen LogP contribution in [0.3, 0.4) is 0 Å². The quantitative estimate of drug-likeness (QED) is 0.375. The highest BCUT2D eigenvalue weighted by Gasteiger charge is 2.56. The van der Waals surface area contributed by atoms with Crippen LogP contribution < -0.4 is 10.6 Å². The first-order chi connectivity index (χ1) is 19.7. The minimum absolute atomic E-state index is 0.106. The Morgan fingerprint density at radius 1 is 1.19 bits per heavy atom. The molecular weight excluding hydrogens is 555 g/mol. The standard InChI is InChI=1S/C32H43FN4O4S/c1-8-32(19(4)5,36-29(40)31(33)11-12-31)30(41)37-16-24(38)15-26(37)28(39)35-20(6)25-10-9-22(14-23(25)13-18(2)3)27-21(7)34-17-42-27/h9-10,14,17-20,26H,8,11-13,15-16H2,1-7H3,(H,35,39)(H,36,40)/t20?,26-,32?/m0/s1. The third-order valence-corrected chi connectivity index (χ3v) is 9.65. The molecule has 0 radical (unpaired) electrons. The van der Waals surface area contributed by atoms with Gasteiger partial charge in [0.2, 0.25) is 11.8 Å². The van der Waals surface area contributed by atoms with Crippen molar-refractivity contribution in [2.75, 3.05) is 6.54 Å². The Bertz CT molecular complexity index is 1370. The van der Waals surface area contributed by atoms with E-state index < -0.39 is 35.0 Å². The first kappa shape index (κ1) is 31.8. The van der Waals surface area contributed by atoms with E-state index in [1.807, 2.05) is 31.5 Å². The van der Waals surface area contributed by atoms with E-state index in [1.165, 1.54) is 4.90 Å². The van der Waals surface area contributed by atoms with Crippen LogP contribution in [0.5, 0.6) is 0 Å². The zero-order chi connectivity index (χ0) is 31.0. The number of nitrogens with one attached hydrogen (secondary N) is 2. The number of alkyl halides is 1. The number of hydrogen-bond acceptors (Lipinski definition) is 6. The number of amides is 3. The Hall–Kier alpha value is -3.14. The summed E-state index contributed by atoms with van der Waals surface area (Å²) < 4.78 is 14.6. The Balaban J connectivity index is 1.57. The summed E-state index contributed by atoms with van der Waals surface area (Å²) >= 11 is 1.59. The predicted octanol–water partition coefficient (Wildman–Crippen LogP) is 5.09. The molecule has 1 aliphatic heterocycles. The van der Waals surface area contributed by atoms with Crippen molar-refractivity contribution >= 4 is 34.8 Å². The van der Waals surface area contributed by atoms with E-state index in [0.29, 0.717) is 5.92 Å². The molecule has 0 spiro atoms. The molecule has 2 aliphatic rings. The number of nitrogens with zero attached hydrogens (tertiary/aromatic N) is 2. The molecular formula is C32H43FN4O4S. The van der Waals surface area contributed by atoms with Crippen LogP contribution >= 0.6 is 11.3 Å². The van der Waals surface area contributed by atoms with E-state index in [-0.39, 0.29) is 50.0 Å². The molecule has 0 bridgehead atoms. The van der Waals surface area contributed by atoms with E-state index in [9.17, 15) is 23.6 Å². The van der Waals surface area contributed by atoms with Gasteiger partial charge in [-0.3, -0.25) is 19.2 Å². The highest BCUT2D eigenvalue weighted by atomic mass is 32.1. The molecule has 3 atom stereocenters. The van der Waals surface area contributed by atoms with Gasteiger partial charge >= 0.3 is 0 Å². The van der Waals surface area contributed by atoms with Crippen LogP contribution in [-0.4, -0.2) is 57.2 Å². The number of carbonyl (C=O) groups excluding carboxylic acids is 4. The number of rotatable bonds is 11. The Morgan fingerprint density at radius 3 is 2.43 bits per heavy atom. The van der Waals surface area contributed by atoms with Gasteiger partial charge < -0.3 is 15.5 Å². The molecule has 1 aromatic heterocycles. The van der Waals surface area contributed by atoms with Crippen LogP contribution in [0.25, 0.3) is 10.4 Å². The lowest BCUT2D eigenvalue weighted by molar-refractivity contribution is -0.149. The minimum atomic E-state index is -1.95. The fraction of sp³-hybridized carbons (Fsp3) is 0.594. The summed E-state index contributed by atoms with van der Waals surface area (Å²) in [7, 11) is 0. The number of benzene rings is 1. The summed E-state index contributed by atoms with van der Waals surface area (Å²) in [5.74, 6) is -1.99. The van der Waals surface area contributed by atoms with E-state index in [1.54, 1.807) is 32.1 Å². The van der Waals surface area contributed by atoms with Gasteiger partial charge in [-0.1, -0.05) is 46.8 Å². The average Bonchev–Trinajstić information content (AvgIpc) is 3.34. The molecule has 4 rings (SSSR count). The van der Waals surface area contributed by atoms with Crippen LogP contribution in [0.15, 0.2) is 23.7 Å². The van der Waals surface area contributed by atoms with Gasteiger partial charge in [0.15, 0.2) is 11.5 Å². The van der Waals surface area contributed by atoms with Crippen LogP contribution in [0.2, 0.25) is 0 Å². The van der Waals surface area contributed by atoms with Crippen molar-refractivity contribution in [3.8, 4) is 10.4 Å². The zero-order valence-corrected chi connectivity index (χ0v) is 26.5.